The number of hydrogen-bond acceptors (Lipinski definition) is 4. The molecule has 0 fully saturated rings. The molecule has 0 amide bonds. The number of aromatic amines is 1. The van der Waals surface area contributed by atoms with Crippen molar-refractivity contribution in [2.24, 2.45) is 0 Å². The maximum atomic E-state index is 12.3. The second-order valence-electron chi connectivity index (χ2n) is 4.15. The van der Waals surface area contributed by atoms with Gasteiger partial charge in [0, 0.05) is 18.0 Å². The van der Waals surface area contributed by atoms with E-state index in [1.807, 2.05) is 12.1 Å². The Morgan fingerprint density at radius 1 is 1.21 bits per heavy atom. The third-order valence-corrected chi connectivity index (χ3v) is 3.06. The first-order valence-electron chi connectivity index (χ1n) is 5.86. The topological polar surface area (TPSA) is 68.4 Å². The maximum absolute atomic E-state index is 12.3. The van der Waals surface area contributed by atoms with Crippen LogP contribution in [-0.2, 0) is 9.47 Å². The third-order valence-electron chi connectivity index (χ3n) is 3.06. The summed E-state index contributed by atoms with van der Waals surface area (Å²) < 4.78 is 9.74. The number of benzene rings is 1. The van der Waals surface area contributed by atoms with Crippen molar-refractivity contribution in [3.8, 4) is 0 Å². The second kappa shape index (κ2) is 5.24. The molecular weight excluding hydrogens is 246 g/mol. The highest BCUT2D eigenvalue weighted by molar-refractivity contribution is 6.16. The molecular formula is C14H15NO4. The van der Waals surface area contributed by atoms with E-state index in [4.69, 9.17) is 9.47 Å². The minimum Gasteiger partial charge on any atom is -0.464 e. The summed E-state index contributed by atoms with van der Waals surface area (Å²) in [5.74, 6) is -0.816. The normalized spacial score (nSPS) is 12.4. The van der Waals surface area contributed by atoms with Gasteiger partial charge in [0.05, 0.1) is 12.7 Å². The molecule has 2 rings (SSSR count). The number of nitrogens with one attached hydrogen (secondary N) is 1. The van der Waals surface area contributed by atoms with Gasteiger partial charge in [0.25, 0.3) is 0 Å². The summed E-state index contributed by atoms with van der Waals surface area (Å²) in [4.78, 5) is 27.0. The van der Waals surface area contributed by atoms with Crippen molar-refractivity contribution < 1.29 is 19.1 Å². The fourth-order valence-electron chi connectivity index (χ4n) is 1.96. The van der Waals surface area contributed by atoms with Crippen LogP contribution in [-0.4, -0.2) is 37.1 Å². The molecule has 0 bridgehead atoms. The zero-order valence-corrected chi connectivity index (χ0v) is 11.0. The van der Waals surface area contributed by atoms with Crippen molar-refractivity contribution in [3.63, 3.8) is 0 Å². The molecule has 0 aliphatic rings. The molecule has 100 valence electrons. The average molecular weight is 261 g/mol. The third kappa shape index (κ3) is 2.24. The fraction of sp³-hybridized carbons (Fsp3) is 0.286. The minimum atomic E-state index is -0.623. The number of hydrogen-bond donors (Lipinski definition) is 1. The number of carbonyl (C=O) groups is 2. The number of ether oxygens (including phenoxy) is 2. The average Bonchev–Trinajstić information content (AvgIpc) is 2.84. The number of fused-ring (bicyclic) bond motifs is 1. The van der Waals surface area contributed by atoms with Crippen molar-refractivity contribution in [3.05, 3.63) is 35.5 Å². The summed E-state index contributed by atoms with van der Waals surface area (Å²) in [5.41, 5.74) is 1.20. The molecule has 5 nitrogen and oxygen atoms in total. The van der Waals surface area contributed by atoms with Gasteiger partial charge >= 0.3 is 5.97 Å². The van der Waals surface area contributed by atoms with Gasteiger partial charge in [-0.25, -0.2) is 4.79 Å². The van der Waals surface area contributed by atoms with Gasteiger partial charge in [-0.1, -0.05) is 18.2 Å². The van der Waals surface area contributed by atoms with Crippen molar-refractivity contribution >= 4 is 22.7 Å². The molecule has 0 aliphatic heterocycles. The predicted molar refractivity (Wildman–Crippen MR) is 70.4 cm³/mol. The Labute approximate surface area is 110 Å². The van der Waals surface area contributed by atoms with Crippen LogP contribution in [0.5, 0.6) is 0 Å². The molecule has 0 radical (unpaired) electrons. The first-order chi connectivity index (χ1) is 9.10. The van der Waals surface area contributed by atoms with Crippen LogP contribution in [0.3, 0.4) is 0 Å². The summed E-state index contributed by atoms with van der Waals surface area (Å²) in [6.07, 6.45) is -0.623. The van der Waals surface area contributed by atoms with E-state index >= 15 is 0 Å². The predicted octanol–water partition coefficient (Wildman–Crippen LogP) is 2.17. The monoisotopic (exact) mass is 261 g/mol. The fourth-order valence-corrected chi connectivity index (χ4v) is 1.96. The number of methoxy groups -OCH3 is 2. The zero-order chi connectivity index (χ0) is 14.0. The lowest BCUT2D eigenvalue weighted by Gasteiger charge is -2.08. The Hall–Kier alpha value is -2.14. The quantitative estimate of drug-likeness (QED) is 0.676. The Balaban J connectivity index is 2.67. The van der Waals surface area contributed by atoms with E-state index in [-0.39, 0.29) is 11.5 Å². The van der Waals surface area contributed by atoms with E-state index in [1.165, 1.54) is 14.2 Å². The van der Waals surface area contributed by atoms with Gasteiger partial charge in [0.15, 0.2) is 5.78 Å². The van der Waals surface area contributed by atoms with Crippen LogP contribution in [0.2, 0.25) is 0 Å². The Morgan fingerprint density at radius 2 is 1.89 bits per heavy atom. The van der Waals surface area contributed by atoms with Gasteiger partial charge in [-0.15, -0.1) is 0 Å². The number of aromatic nitrogens is 1. The molecule has 1 aromatic carbocycles. The number of esters is 1. The van der Waals surface area contributed by atoms with E-state index in [9.17, 15) is 9.59 Å². The van der Waals surface area contributed by atoms with Crippen molar-refractivity contribution in [1.82, 2.24) is 4.98 Å². The smallest absolute Gasteiger partial charge is 0.355 e. The molecule has 0 spiro atoms. The van der Waals surface area contributed by atoms with Crippen molar-refractivity contribution in [2.45, 2.75) is 13.0 Å². The Morgan fingerprint density at radius 3 is 2.53 bits per heavy atom. The number of rotatable bonds is 4. The molecule has 19 heavy (non-hydrogen) atoms. The number of H-pyrrole nitrogens is 1. The standard InChI is InChI=1S/C14H15NO4/c1-8(18-2)13(16)11-9-6-4-5-7-10(9)15-12(11)14(17)19-3/h4-8,15H,1-3H3. The van der Waals surface area contributed by atoms with Gasteiger partial charge in [-0.05, 0) is 13.0 Å². The second-order valence-corrected chi connectivity index (χ2v) is 4.15. The van der Waals surface area contributed by atoms with E-state index in [0.29, 0.717) is 10.9 Å². The lowest BCUT2D eigenvalue weighted by Crippen LogP contribution is -2.21. The van der Waals surface area contributed by atoms with Gasteiger partial charge in [-0.3, -0.25) is 4.79 Å². The first-order valence-corrected chi connectivity index (χ1v) is 5.86. The van der Waals surface area contributed by atoms with Crippen LogP contribution in [0.4, 0.5) is 0 Å². The largest absolute Gasteiger partial charge is 0.464 e. The van der Waals surface area contributed by atoms with E-state index in [1.54, 1.807) is 19.1 Å². The van der Waals surface area contributed by atoms with Gasteiger partial charge in [0.2, 0.25) is 0 Å². The highest BCUT2D eigenvalue weighted by Crippen LogP contribution is 2.24. The summed E-state index contributed by atoms with van der Waals surface area (Å²) in [6.45, 7) is 1.64. The summed E-state index contributed by atoms with van der Waals surface area (Å²) in [5, 5.41) is 0.691. The van der Waals surface area contributed by atoms with Crippen LogP contribution >= 0.6 is 0 Å². The molecule has 2 aromatic rings. The molecule has 1 heterocycles. The van der Waals surface area contributed by atoms with E-state index < -0.39 is 12.1 Å². The lowest BCUT2D eigenvalue weighted by molar-refractivity contribution is 0.0577. The highest BCUT2D eigenvalue weighted by Gasteiger charge is 2.26. The number of para-hydroxylation sites is 1. The molecule has 0 saturated heterocycles. The first kappa shape index (κ1) is 13.3. The number of ketones is 1. The van der Waals surface area contributed by atoms with Gasteiger partial charge in [0.1, 0.15) is 11.8 Å². The SMILES string of the molecule is COC(=O)c1[nH]c2ccccc2c1C(=O)C(C)OC. The molecule has 1 atom stereocenters. The molecule has 5 heteroatoms. The van der Waals surface area contributed by atoms with Crippen LogP contribution in [0.1, 0.15) is 27.8 Å². The van der Waals surface area contributed by atoms with Crippen molar-refractivity contribution in [1.29, 1.82) is 0 Å². The van der Waals surface area contributed by atoms with E-state index in [0.717, 1.165) is 5.52 Å². The van der Waals surface area contributed by atoms with Crippen LogP contribution in [0.15, 0.2) is 24.3 Å². The van der Waals surface area contributed by atoms with Gasteiger partial charge < -0.3 is 14.5 Å². The van der Waals surface area contributed by atoms with E-state index in [2.05, 4.69) is 4.98 Å². The Bertz CT molecular complexity index is 629. The van der Waals surface area contributed by atoms with Crippen LogP contribution in [0, 0.1) is 0 Å². The number of carbonyl (C=O) groups excluding carboxylic acids is 2. The maximum Gasteiger partial charge on any atom is 0.355 e. The van der Waals surface area contributed by atoms with Gasteiger partial charge in [-0.2, -0.15) is 0 Å². The zero-order valence-electron chi connectivity index (χ0n) is 11.0. The Kier molecular flexibility index (Phi) is 3.66. The lowest BCUT2D eigenvalue weighted by atomic mass is 10.0. The van der Waals surface area contributed by atoms with Crippen molar-refractivity contribution in [2.75, 3.05) is 14.2 Å². The summed E-state index contributed by atoms with van der Waals surface area (Å²) in [6, 6.07) is 7.23. The number of Topliss-reactive ketones (excluding diaryl/α,β-unsaturated/α-hetero) is 1. The van der Waals surface area contributed by atoms with Crippen LogP contribution in [0.25, 0.3) is 10.9 Å². The molecule has 1 aromatic heterocycles. The summed E-state index contributed by atoms with van der Waals surface area (Å²) >= 11 is 0. The molecule has 1 N–H and O–H groups in total. The molecule has 0 saturated carbocycles. The molecule has 1 unspecified atom stereocenters. The van der Waals surface area contributed by atoms with Crippen LogP contribution < -0.4 is 0 Å². The molecule has 0 aliphatic carbocycles. The highest BCUT2D eigenvalue weighted by atomic mass is 16.5. The minimum absolute atomic E-state index is 0.164. The summed E-state index contributed by atoms with van der Waals surface area (Å²) in [7, 11) is 2.73.